The largest absolute Gasteiger partial charge is 0.462 e. The zero-order valence-electron chi connectivity index (χ0n) is 28.5. The zero-order valence-corrected chi connectivity index (χ0v) is 28.5. The Kier molecular flexibility index (Phi) is 26.0. The van der Waals surface area contributed by atoms with E-state index in [0.717, 1.165) is 50.9 Å². The van der Waals surface area contributed by atoms with Crippen LogP contribution in [0.2, 0.25) is 0 Å². The first-order valence-electron chi connectivity index (χ1n) is 18.0. The lowest BCUT2D eigenvalue weighted by Crippen LogP contribution is -2.28. The predicted octanol–water partition coefficient (Wildman–Crippen LogP) is 9.74. The van der Waals surface area contributed by atoms with Gasteiger partial charge in [0.2, 0.25) is 0 Å². The zero-order chi connectivity index (χ0) is 32.1. The Bertz CT molecular complexity index is 786. The van der Waals surface area contributed by atoms with Gasteiger partial charge >= 0.3 is 11.9 Å². The van der Waals surface area contributed by atoms with Crippen molar-refractivity contribution in [3.63, 3.8) is 0 Å². The standard InChI is InChI=1S/C38H66O6/c1-4-5-6-7-17-22-27-35-36(44-35)28-23-18-13-11-15-19-24-29-37(40)42-32-34(31-39)43-38(41)30-25-20-14-10-8-9-12-16-21-26-33(2)3/h11,15,17-18,22-23,33-36,39H,4-10,12-14,16,19-21,24-32H2,1-3H3/b15-11-,22-17-,23-18-/t34-,35?,36?/m0/s1. The quantitative estimate of drug-likeness (QED) is 0.0373. The van der Waals surface area contributed by atoms with Gasteiger partial charge in [0.15, 0.2) is 6.10 Å². The summed E-state index contributed by atoms with van der Waals surface area (Å²) < 4.78 is 16.3. The maximum absolute atomic E-state index is 12.1. The summed E-state index contributed by atoms with van der Waals surface area (Å²) >= 11 is 0. The molecule has 0 spiro atoms. The second-order valence-electron chi connectivity index (χ2n) is 12.8. The van der Waals surface area contributed by atoms with Crippen molar-refractivity contribution in [1.29, 1.82) is 0 Å². The fourth-order valence-electron chi connectivity index (χ4n) is 5.12. The second-order valence-corrected chi connectivity index (χ2v) is 12.8. The fourth-order valence-corrected chi connectivity index (χ4v) is 5.12. The van der Waals surface area contributed by atoms with Crippen LogP contribution in [0.1, 0.15) is 156 Å². The normalized spacial score (nSPS) is 17.3. The minimum absolute atomic E-state index is 0.0975. The van der Waals surface area contributed by atoms with Crippen molar-refractivity contribution >= 4 is 11.9 Å². The molecule has 1 N–H and O–H groups in total. The van der Waals surface area contributed by atoms with Gasteiger partial charge in [-0.1, -0.05) is 128 Å². The topological polar surface area (TPSA) is 85.4 Å². The van der Waals surface area contributed by atoms with Crippen molar-refractivity contribution in [2.45, 2.75) is 174 Å². The molecule has 1 heterocycles. The highest BCUT2D eigenvalue weighted by Crippen LogP contribution is 2.29. The number of aliphatic hydroxyl groups is 1. The van der Waals surface area contributed by atoms with Crippen molar-refractivity contribution in [2.75, 3.05) is 13.2 Å². The highest BCUT2D eigenvalue weighted by Gasteiger charge is 2.35. The van der Waals surface area contributed by atoms with Gasteiger partial charge in [0.05, 0.1) is 18.8 Å². The fraction of sp³-hybridized carbons (Fsp3) is 0.789. The summed E-state index contributed by atoms with van der Waals surface area (Å²) in [6.45, 7) is 6.35. The summed E-state index contributed by atoms with van der Waals surface area (Å²) in [7, 11) is 0. The molecule has 6 nitrogen and oxygen atoms in total. The molecule has 254 valence electrons. The van der Waals surface area contributed by atoms with Gasteiger partial charge in [-0.2, -0.15) is 0 Å². The van der Waals surface area contributed by atoms with E-state index in [0.29, 0.717) is 31.5 Å². The van der Waals surface area contributed by atoms with Gasteiger partial charge in [0.1, 0.15) is 6.61 Å². The van der Waals surface area contributed by atoms with Crippen LogP contribution in [0.25, 0.3) is 0 Å². The summed E-state index contributed by atoms with van der Waals surface area (Å²) in [5.41, 5.74) is 0. The molecular formula is C38H66O6. The summed E-state index contributed by atoms with van der Waals surface area (Å²) in [6.07, 6.45) is 35.2. The number of unbranched alkanes of at least 4 members (excludes halogenated alkanes) is 12. The highest BCUT2D eigenvalue weighted by molar-refractivity contribution is 5.70. The molecule has 0 amide bonds. The highest BCUT2D eigenvalue weighted by atomic mass is 16.6. The van der Waals surface area contributed by atoms with Gasteiger partial charge < -0.3 is 19.3 Å². The number of hydrogen-bond donors (Lipinski definition) is 1. The summed E-state index contributed by atoms with van der Waals surface area (Å²) in [5, 5.41) is 9.52. The van der Waals surface area contributed by atoms with Crippen LogP contribution in [0.4, 0.5) is 0 Å². The molecule has 0 aliphatic carbocycles. The molecule has 1 saturated heterocycles. The lowest BCUT2D eigenvalue weighted by molar-refractivity contribution is -0.161. The molecule has 0 saturated carbocycles. The Balaban J connectivity index is 1.95. The van der Waals surface area contributed by atoms with E-state index >= 15 is 0 Å². The molecule has 2 unspecified atom stereocenters. The lowest BCUT2D eigenvalue weighted by atomic mass is 10.0. The van der Waals surface area contributed by atoms with Crippen molar-refractivity contribution < 1.29 is 28.9 Å². The molecule has 44 heavy (non-hydrogen) atoms. The molecule has 0 aromatic carbocycles. The van der Waals surface area contributed by atoms with Gasteiger partial charge in [0.25, 0.3) is 0 Å². The second kappa shape index (κ2) is 28.5. The van der Waals surface area contributed by atoms with Gasteiger partial charge in [-0.15, -0.1) is 0 Å². The summed E-state index contributed by atoms with van der Waals surface area (Å²) in [5.74, 6) is 0.146. The van der Waals surface area contributed by atoms with Crippen molar-refractivity contribution in [3.05, 3.63) is 36.5 Å². The third-order valence-corrected chi connectivity index (χ3v) is 8.02. The van der Waals surface area contributed by atoms with E-state index in [1.54, 1.807) is 0 Å². The van der Waals surface area contributed by atoms with Crippen LogP contribution in [0.15, 0.2) is 36.5 Å². The molecule has 0 radical (unpaired) electrons. The third kappa shape index (κ3) is 25.4. The van der Waals surface area contributed by atoms with E-state index in [9.17, 15) is 14.7 Å². The smallest absolute Gasteiger partial charge is 0.306 e. The third-order valence-electron chi connectivity index (χ3n) is 8.02. The SMILES string of the molecule is CCCCC/C=C\CC1OC1C/C=C\C/C=C\CCCC(=O)OC[C@H](CO)OC(=O)CCCCCCCCCCCC(C)C. The van der Waals surface area contributed by atoms with E-state index in [2.05, 4.69) is 57.2 Å². The Hall–Kier alpha value is -1.92. The number of epoxide rings is 1. The van der Waals surface area contributed by atoms with Crippen LogP contribution in [-0.4, -0.2) is 48.6 Å². The average Bonchev–Trinajstić information content (AvgIpc) is 3.76. The first kappa shape index (κ1) is 40.1. The number of aliphatic hydroxyl groups excluding tert-OH is 1. The Morgan fingerprint density at radius 1 is 0.705 bits per heavy atom. The van der Waals surface area contributed by atoms with Crippen LogP contribution in [0.3, 0.4) is 0 Å². The van der Waals surface area contributed by atoms with Crippen molar-refractivity contribution in [3.8, 4) is 0 Å². The van der Waals surface area contributed by atoms with Crippen LogP contribution in [0.5, 0.6) is 0 Å². The molecular weight excluding hydrogens is 552 g/mol. The Labute approximate surface area is 270 Å². The lowest BCUT2D eigenvalue weighted by Gasteiger charge is -2.15. The molecule has 0 aromatic rings. The summed E-state index contributed by atoms with van der Waals surface area (Å²) in [6, 6.07) is 0. The maximum atomic E-state index is 12.1. The van der Waals surface area contributed by atoms with Gasteiger partial charge in [-0.25, -0.2) is 0 Å². The van der Waals surface area contributed by atoms with Gasteiger partial charge in [0, 0.05) is 12.8 Å². The number of esters is 2. The summed E-state index contributed by atoms with van der Waals surface area (Å²) in [4.78, 5) is 24.2. The minimum atomic E-state index is -0.794. The number of carbonyl (C=O) groups excluding carboxylic acids is 2. The number of hydrogen-bond acceptors (Lipinski definition) is 6. The molecule has 6 heteroatoms. The van der Waals surface area contributed by atoms with E-state index in [4.69, 9.17) is 14.2 Å². The van der Waals surface area contributed by atoms with E-state index in [1.165, 1.54) is 70.6 Å². The predicted molar refractivity (Wildman–Crippen MR) is 181 cm³/mol. The van der Waals surface area contributed by atoms with Crippen LogP contribution in [-0.2, 0) is 23.8 Å². The number of carbonyl (C=O) groups is 2. The molecule has 0 bridgehead atoms. The molecule has 3 atom stereocenters. The van der Waals surface area contributed by atoms with E-state index in [-0.39, 0.29) is 25.2 Å². The van der Waals surface area contributed by atoms with Crippen LogP contribution < -0.4 is 0 Å². The maximum Gasteiger partial charge on any atom is 0.306 e. The molecule has 1 aliphatic heterocycles. The molecule has 0 aromatic heterocycles. The van der Waals surface area contributed by atoms with Gasteiger partial charge in [-0.05, 0) is 57.3 Å². The number of rotatable bonds is 30. The molecule has 1 fully saturated rings. The van der Waals surface area contributed by atoms with Crippen LogP contribution >= 0.6 is 0 Å². The first-order valence-corrected chi connectivity index (χ1v) is 18.0. The Morgan fingerprint density at radius 2 is 1.27 bits per heavy atom. The molecule has 1 aliphatic rings. The van der Waals surface area contributed by atoms with E-state index in [1.807, 2.05) is 0 Å². The Morgan fingerprint density at radius 3 is 1.93 bits per heavy atom. The number of ether oxygens (including phenoxy) is 3. The van der Waals surface area contributed by atoms with Crippen LogP contribution in [0, 0.1) is 5.92 Å². The minimum Gasteiger partial charge on any atom is -0.462 e. The molecule has 1 rings (SSSR count). The first-order chi connectivity index (χ1) is 21.5. The van der Waals surface area contributed by atoms with Gasteiger partial charge in [-0.3, -0.25) is 9.59 Å². The van der Waals surface area contributed by atoms with Crippen molar-refractivity contribution in [2.24, 2.45) is 5.92 Å². The number of allylic oxidation sites excluding steroid dienone is 4. The van der Waals surface area contributed by atoms with Crippen molar-refractivity contribution in [1.82, 2.24) is 0 Å². The van der Waals surface area contributed by atoms with E-state index < -0.39 is 6.10 Å². The average molecular weight is 619 g/mol. The monoisotopic (exact) mass is 618 g/mol.